The van der Waals surface area contributed by atoms with Crippen LogP contribution in [-0.2, 0) is 6.42 Å². The number of aliphatic hydroxyl groups excluding tert-OH is 1. The van der Waals surface area contributed by atoms with Crippen molar-refractivity contribution in [2.75, 3.05) is 0 Å². The molecule has 1 unspecified atom stereocenters. The van der Waals surface area contributed by atoms with E-state index >= 15 is 0 Å². The number of fused-ring (bicyclic) bond motifs is 1. The van der Waals surface area contributed by atoms with Gasteiger partial charge in [0.25, 0.3) is 0 Å². The number of aryl methyl sites for hydroxylation is 1. The average molecular weight is 255 g/mol. The van der Waals surface area contributed by atoms with E-state index in [9.17, 15) is 5.11 Å². The van der Waals surface area contributed by atoms with Crippen LogP contribution in [0.25, 0.3) is 0 Å². The summed E-state index contributed by atoms with van der Waals surface area (Å²) in [6, 6.07) is 2.16. The van der Waals surface area contributed by atoms with Gasteiger partial charge in [-0.1, -0.05) is 15.9 Å². The molecule has 2 rings (SSSR count). The summed E-state index contributed by atoms with van der Waals surface area (Å²) in [4.78, 5) is 0. The van der Waals surface area contributed by atoms with Crippen molar-refractivity contribution in [2.45, 2.75) is 39.2 Å². The molecule has 1 aromatic carbocycles. The Kier molecular flexibility index (Phi) is 2.67. The summed E-state index contributed by atoms with van der Waals surface area (Å²) in [5.41, 5.74) is 5.04. The Balaban J connectivity index is 2.67. The van der Waals surface area contributed by atoms with E-state index in [1.54, 1.807) is 0 Å². The molecular formula is C12H15BrO. The molecule has 0 amide bonds. The van der Waals surface area contributed by atoms with E-state index < -0.39 is 0 Å². The van der Waals surface area contributed by atoms with Crippen LogP contribution in [0.3, 0.4) is 0 Å². The first kappa shape index (κ1) is 10.2. The summed E-state index contributed by atoms with van der Waals surface area (Å²) in [6.07, 6.45) is 2.88. The van der Waals surface area contributed by atoms with E-state index in [-0.39, 0.29) is 6.10 Å². The van der Waals surface area contributed by atoms with Gasteiger partial charge in [-0.05, 0) is 61.4 Å². The van der Waals surface area contributed by atoms with Crippen molar-refractivity contribution in [3.63, 3.8) is 0 Å². The van der Waals surface area contributed by atoms with Crippen molar-refractivity contribution in [1.82, 2.24) is 0 Å². The van der Waals surface area contributed by atoms with Gasteiger partial charge in [0.1, 0.15) is 0 Å². The molecule has 0 heterocycles. The molecule has 0 bridgehead atoms. The van der Waals surface area contributed by atoms with Gasteiger partial charge in [-0.25, -0.2) is 0 Å². The van der Waals surface area contributed by atoms with Crippen LogP contribution in [0, 0.1) is 13.8 Å². The van der Waals surface area contributed by atoms with E-state index in [2.05, 4.69) is 35.8 Å². The number of hydrogen-bond acceptors (Lipinski definition) is 1. The highest BCUT2D eigenvalue weighted by Gasteiger charge is 2.22. The van der Waals surface area contributed by atoms with Gasteiger partial charge in [0.2, 0.25) is 0 Å². The smallest absolute Gasteiger partial charge is 0.0795 e. The molecule has 1 nitrogen and oxygen atoms in total. The summed E-state index contributed by atoms with van der Waals surface area (Å²) in [5.74, 6) is 0. The van der Waals surface area contributed by atoms with Gasteiger partial charge in [0.05, 0.1) is 6.10 Å². The zero-order valence-corrected chi connectivity index (χ0v) is 10.2. The van der Waals surface area contributed by atoms with Gasteiger partial charge in [0, 0.05) is 4.47 Å². The second kappa shape index (κ2) is 3.67. The largest absolute Gasteiger partial charge is 0.388 e. The molecule has 1 aliphatic rings. The lowest BCUT2D eigenvalue weighted by atomic mass is 9.84. The van der Waals surface area contributed by atoms with Crippen LogP contribution >= 0.6 is 15.9 Å². The monoisotopic (exact) mass is 254 g/mol. The maximum absolute atomic E-state index is 9.97. The first-order valence-electron chi connectivity index (χ1n) is 5.08. The first-order valence-corrected chi connectivity index (χ1v) is 5.87. The van der Waals surface area contributed by atoms with Crippen molar-refractivity contribution < 1.29 is 5.11 Å². The lowest BCUT2D eigenvalue weighted by Crippen LogP contribution is -2.12. The maximum Gasteiger partial charge on any atom is 0.0795 e. The minimum absolute atomic E-state index is 0.255. The molecule has 0 aromatic heterocycles. The quantitative estimate of drug-likeness (QED) is 0.752. The zero-order valence-electron chi connectivity index (χ0n) is 8.60. The van der Waals surface area contributed by atoms with Crippen LogP contribution < -0.4 is 0 Å². The van der Waals surface area contributed by atoms with E-state index in [0.29, 0.717) is 0 Å². The summed E-state index contributed by atoms with van der Waals surface area (Å²) in [5, 5.41) is 9.97. The summed E-state index contributed by atoms with van der Waals surface area (Å²) < 4.78 is 1.12. The molecule has 0 radical (unpaired) electrons. The molecule has 0 aliphatic heterocycles. The number of hydrogen-bond donors (Lipinski definition) is 1. The first-order chi connectivity index (χ1) is 6.61. The molecule has 1 N–H and O–H groups in total. The van der Waals surface area contributed by atoms with Crippen molar-refractivity contribution in [1.29, 1.82) is 0 Å². The number of aliphatic hydroxyl groups is 1. The molecule has 2 heteroatoms. The molecule has 0 saturated carbocycles. The minimum Gasteiger partial charge on any atom is -0.388 e. The third kappa shape index (κ3) is 1.51. The highest BCUT2D eigenvalue weighted by atomic mass is 79.9. The molecule has 0 fully saturated rings. The Hall–Kier alpha value is -0.340. The predicted octanol–water partition coefficient (Wildman–Crippen LogP) is 3.44. The number of rotatable bonds is 0. The van der Waals surface area contributed by atoms with Gasteiger partial charge in [-0.3, -0.25) is 0 Å². The Labute approximate surface area is 93.3 Å². The Bertz CT molecular complexity index is 371. The average Bonchev–Trinajstić information content (AvgIpc) is 2.14. The zero-order chi connectivity index (χ0) is 10.3. The Morgan fingerprint density at radius 3 is 2.86 bits per heavy atom. The van der Waals surface area contributed by atoms with Gasteiger partial charge in [-0.15, -0.1) is 0 Å². The van der Waals surface area contributed by atoms with Crippen LogP contribution in [0.1, 0.15) is 41.2 Å². The summed E-state index contributed by atoms with van der Waals surface area (Å²) >= 11 is 3.54. The summed E-state index contributed by atoms with van der Waals surface area (Å²) in [6.45, 7) is 4.21. The van der Waals surface area contributed by atoms with Crippen LogP contribution in [0.4, 0.5) is 0 Å². The van der Waals surface area contributed by atoms with Gasteiger partial charge in [0.15, 0.2) is 0 Å². The SMILES string of the molecule is Cc1cc(Br)c(C)c2c1CCCC2O. The highest BCUT2D eigenvalue weighted by Crippen LogP contribution is 2.37. The fourth-order valence-electron chi connectivity index (χ4n) is 2.35. The molecule has 1 aromatic rings. The fourth-order valence-corrected chi connectivity index (χ4v) is 2.91. The standard InChI is InChI=1S/C12H15BrO/c1-7-6-10(13)8(2)12-9(7)4-3-5-11(12)14/h6,11,14H,3-5H2,1-2H3. The second-order valence-electron chi connectivity index (χ2n) is 4.10. The minimum atomic E-state index is -0.255. The number of benzene rings is 1. The lowest BCUT2D eigenvalue weighted by Gasteiger charge is -2.25. The summed E-state index contributed by atoms with van der Waals surface area (Å²) in [7, 11) is 0. The maximum atomic E-state index is 9.97. The van der Waals surface area contributed by atoms with Crippen molar-refractivity contribution in [2.24, 2.45) is 0 Å². The highest BCUT2D eigenvalue weighted by molar-refractivity contribution is 9.10. The number of halogens is 1. The predicted molar refractivity (Wildman–Crippen MR) is 61.5 cm³/mol. The van der Waals surface area contributed by atoms with Crippen molar-refractivity contribution in [3.8, 4) is 0 Å². The molecule has 76 valence electrons. The topological polar surface area (TPSA) is 20.2 Å². The van der Waals surface area contributed by atoms with Crippen molar-refractivity contribution in [3.05, 3.63) is 32.8 Å². The van der Waals surface area contributed by atoms with Crippen LogP contribution in [-0.4, -0.2) is 5.11 Å². The molecular weight excluding hydrogens is 240 g/mol. The van der Waals surface area contributed by atoms with E-state index in [4.69, 9.17) is 0 Å². The van der Waals surface area contributed by atoms with Gasteiger partial charge in [-0.2, -0.15) is 0 Å². The lowest BCUT2D eigenvalue weighted by molar-refractivity contribution is 0.155. The molecule has 0 saturated heterocycles. The third-order valence-electron chi connectivity index (χ3n) is 3.14. The van der Waals surface area contributed by atoms with Crippen LogP contribution in [0.5, 0.6) is 0 Å². The van der Waals surface area contributed by atoms with Crippen LogP contribution in [0.2, 0.25) is 0 Å². The molecule has 1 aliphatic carbocycles. The Morgan fingerprint density at radius 1 is 1.43 bits per heavy atom. The van der Waals surface area contributed by atoms with E-state index in [1.807, 2.05) is 0 Å². The van der Waals surface area contributed by atoms with Crippen LogP contribution in [0.15, 0.2) is 10.5 Å². The molecule has 1 atom stereocenters. The van der Waals surface area contributed by atoms with Gasteiger partial charge < -0.3 is 5.11 Å². The molecule has 0 spiro atoms. The second-order valence-corrected chi connectivity index (χ2v) is 4.95. The van der Waals surface area contributed by atoms with E-state index in [1.165, 1.54) is 22.3 Å². The normalized spacial score (nSPS) is 20.7. The van der Waals surface area contributed by atoms with Gasteiger partial charge >= 0.3 is 0 Å². The fraction of sp³-hybridized carbons (Fsp3) is 0.500. The molecule has 14 heavy (non-hydrogen) atoms. The van der Waals surface area contributed by atoms with E-state index in [0.717, 1.165) is 23.7 Å². The van der Waals surface area contributed by atoms with Crippen molar-refractivity contribution >= 4 is 15.9 Å². The third-order valence-corrected chi connectivity index (χ3v) is 3.97. The Morgan fingerprint density at radius 2 is 2.14 bits per heavy atom.